The second-order valence-electron chi connectivity index (χ2n) is 7.23. The fourth-order valence-electron chi connectivity index (χ4n) is 4.15. The first-order chi connectivity index (χ1) is 13.5. The summed E-state index contributed by atoms with van der Waals surface area (Å²) in [7, 11) is 3.14. The van der Waals surface area contributed by atoms with Crippen molar-refractivity contribution in [3.8, 4) is 17.2 Å². The predicted molar refractivity (Wildman–Crippen MR) is 105 cm³/mol. The molecule has 0 saturated carbocycles. The van der Waals surface area contributed by atoms with E-state index < -0.39 is 17.3 Å². The number of hydrogen-bond donors (Lipinski definition) is 1. The number of hydrogen-bond acceptors (Lipinski definition) is 5. The van der Waals surface area contributed by atoms with Crippen molar-refractivity contribution in [2.75, 3.05) is 33.9 Å². The summed E-state index contributed by atoms with van der Waals surface area (Å²) in [5.74, 6) is 1.86. The third-order valence-electron chi connectivity index (χ3n) is 5.54. The van der Waals surface area contributed by atoms with E-state index in [0.717, 1.165) is 12.8 Å². The van der Waals surface area contributed by atoms with Crippen LogP contribution in [0.2, 0.25) is 0 Å². The van der Waals surface area contributed by atoms with Crippen LogP contribution in [0.25, 0.3) is 0 Å². The Morgan fingerprint density at radius 3 is 2.64 bits per heavy atom. The smallest absolute Gasteiger partial charge is 0.241 e. The monoisotopic (exact) mass is 412 g/mol. The highest BCUT2D eigenvalue weighted by molar-refractivity contribution is 7.76. The van der Waals surface area contributed by atoms with E-state index in [1.54, 1.807) is 37.3 Å². The molecule has 2 fully saturated rings. The third-order valence-corrected chi connectivity index (χ3v) is 6.42. The molecule has 2 heterocycles. The standard InChI is InChI=1S/C19H28N2O6S/c1-13-12-20(19(22)16-6-4-5-15(13)21(16)28(23)24)9-10-27-14-7-8-17(25-2)18(11-14)26-3/h7-8,11,13,15-16H,4-6,9-10,12H2,1-3H3,(H,23,24). The molecule has 1 amide bonds. The number of piperidine rings is 1. The van der Waals surface area contributed by atoms with Gasteiger partial charge >= 0.3 is 0 Å². The molecule has 9 heteroatoms. The van der Waals surface area contributed by atoms with Crippen LogP contribution in [0.1, 0.15) is 26.2 Å². The fourth-order valence-corrected chi connectivity index (χ4v) is 5.11. The van der Waals surface area contributed by atoms with Crippen molar-refractivity contribution in [3.63, 3.8) is 0 Å². The Bertz CT molecular complexity index is 730. The van der Waals surface area contributed by atoms with Crippen LogP contribution in [0.4, 0.5) is 0 Å². The van der Waals surface area contributed by atoms with Crippen LogP contribution in [-0.2, 0) is 16.1 Å². The lowest BCUT2D eigenvalue weighted by molar-refractivity contribution is -0.135. The van der Waals surface area contributed by atoms with E-state index in [0.29, 0.717) is 43.4 Å². The summed E-state index contributed by atoms with van der Waals surface area (Å²) in [6.07, 6.45) is 2.35. The first-order valence-corrected chi connectivity index (χ1v) is 10.6. The predicted octanol–water partition coefficient (Wildman–Crippen LogP) is 1.92. The number of fused-ring (bicyclic) bond motifs is 2. The van der Waals surface area contributed by atoms with Crippen molar-refractivity contribution in [1.82, 2.24) is 9.21 Å². The lowest BCUT2D eigenvalue weighted by Crippen LogP contribution is -2.52. The first kappa shape index (κ1) is 20.9. The number of amides is 1. The van der Waals surface area contributed by atoms with E-state index in [1.165, 1.54) is 4.31 Å². The van der Waals surface area contributed by atoms with E-state index in [4.69, 9.17) is 14.2 Å². The summed E-state index contributed by atoms with van der Waals surface area (Å²) in [6, 6.07) is 4.72. The Morgan fingerprint density at radius 1 is 1.21 bits per heavy atom. The number of methoxy groups -OCH3 is 2. The van der Waals surface area contributed by atoms with Gasteiger partial charge in [0.25, 0.3) is 0 Å². The molecule has 0 aliphatic carbocycles. The maximum absolute atomic E-state index is 13.0. The van der Waals surface area contributed by atoms with Crippen LogP contribution in [0.15, 0.2) is 18.2 Å². The summed E-state index contributed by atoms with van der Waals surface area (Å²) >= 11 is -2.14. The number of benzene rings is 1. The minimum absolute atomic E-state index is 0.0506. The molecular formula is C19H28N2O6S. The van der Waals surface area contributed by atoms with Crippen molar-refractivity contribution < 1.29 is 27.8 Å². The van der Waals surface area contributed by atoms with Gasteiger partial charge in [-0.25, -0.2) is 4.21 Å². The highest BCUT2D eigenvalue weighted by atomic mass is 32.2. The number of ether oxygens (including phenoxy) is 3. The van der Waals surface area contributed by atoms with Gasteiger partial charge in [0.15, 0.2) is 11.5 Å². The van der Waals surface area contributed by atoms with Crippen molar-refractivity contribution in [1.29, 1.82) is 0 Å². The highest BCUT2D eigenvalue weighted by Gasteiger charge is 2.45. The maximum atomic E-state index is 13.0. The van der Waals surface area contributed by atoms with E-state index in [9.17, 15) is 13.6 Å². The molecule has 4 atom stereocenters. The van der Waals surface area contributed by atoms with Gasteiger partial charge in [-0.3, -0.25) is 9.35 Å². The number of rotatable bonds is 7. The molecule has 0 spiro atoms. The fraction of sp³-hybridized carbons (Fsp3) is 0.632. The molecule has 1 aromatic carbocycles. The zero-order valence-electron chi connectivity index (χ0n) is 16.5. The summed E-state index contributed by atoms with van der Waals surface area (Å²) in [5, 5.41) is 0. The lowest BCUT2D eigenvalue weighted by Gasteiger charge is -2.37. The van der Waals surface area contributed by atoms with Gasteiger partial charge in [0.05, 0.1) is 20.8 Å². The van der Waals surface area contributed by atoms with Crippen molar-refractivity contribution in [2.24, 2.45) is 5.92 Å². The highest BCUT2D eigenvalue weighted by Crippen LogP contribution is 2.34. The lowest BCUT2D eigenvalue weighted by atomic mass is 9.92. The minimum Gasteiger partial charge on any atom is -0.493 e. The number of carbonyl (C=O) groups is 1. The summed E-state index contributed by atoms with van der Waals surface area (Å²) < 4.78 is 39.4. The Hall–Kier alpha value is -1.84. The second kappa shape index (κ2) is 9.11. The molecule has 156 valence electrons. The first-order valence-electron chi connectivity index (χ1n) is 9.49. The zero-order valence-corrected chi connectivity index (χ0v) is 17.3. The molecule has 4 unspecified atom stereocenters. The Morgan fingerprint density at radius 2 is 1.96 bits per heavy atom. The quantitative estimate of drug-likeness (QED) is 0.689. The van der Waals surface area contributed by atoms with Crippen LogP contribution in [0, 0.1) is 5.92 Å². The zero-order chi connectivity index (χ0) is 20.3. The van der Waals surface area contributed by atoms with Crippen LogP contribution in [0.5, 0.6) is 17.2 Å². The largest absolute Gasteiger partial charge is 0.493 e. The van der Waals surface area contributed by atoms with Crippen LogP contribution in [-0.4, -0.2) is 69.9 Å². The average Bonchev–Trinajstić information content (AvgIpc) is 2.76. The summed E-state index contributed by atoms with van der Waals surface area (Å²) in [4.78, 5) is 14.8. The Kier molecular flexibility index (Phi) is 6.79. The molecule has 2 bridgehead atoms. The van der Waals surface area contributed by atoms with Gasteiger partial charge in [-0.2, -0.15) is 4.31 Å². The van der Waals surface area contributed by atoms with Gasteiger partial charge in [0, 0.05) is 18.7 Å². The van der Waals surface area contributed by atoms with Crippen molar-refractivity contribution in [2.45, 2.75) is 38.3 Å². The number of nitrogens with zero attached hydrogens (tertiary/aromatic N) is 2. The molecule has 2 aliphatic rings. The molecule has 1 N–H and O–H groups in total. The van der Waals surface area contributed by atoms with E-state index in [2.05, 4.69) is 0 Å². The summed E-state index contributed by atoms with van der Waals surface area (Å²) in [5.41, 5.74) is 0. The maximum Gasteiger partial charge on any atom is 0.241 e. The molecule has 8 nitrogen and oxygen atoms in total. The molecule has 3 rings (SSSR count). The van der Waals surface area contributed by atoms with E-state index in [1.807, 2.05) is 6.92 Å². The van der Waals surface area contributed by atoms with Crippen LogP contribution >= 0.6 is 0 Å². The van der Waals surface area contributed by atoms with Gasteiger partial charge in [0.1, 0.15) is 18.4 Å². The molecule has 28 heavy (non-hydrogen) atoms. The van der Waals surface area contributed by atoms with Gasteiger partial charge in [-0.05, 0) is 37.3 Å². The van der Waals surface area contributed by atoms with Gasteiger partial charge in [-0.1, -0.05) is 6.92 Å². The molecule has 1 aromatic rings. The van der Waals surface area contributed by atoms with Crippen LogP contribution < -0.4 is 14.2 Å². The van der Waals surface area contributed by atoms with Crippen molar-refractivity contribution in [3.05, 3.63) is 18.2 Å². The second-order valence-corrected chi connectivity index (χ2v) is 8.11. The molecule has 2 saturated heterocycles. The Balaban J connectivity index is 1.66. The van der Waals surface area contributed by atoms with Gasteiger partial charge < -0.3 is 19.1 Å². The normalized spacial score (nSPS) is 26.5. The molecule has 2 aliphatic heterocycles. The Labute approximate surface area is 168 Å². The molecular weight excluding hydrogens is 384 g/mol. The number of carbonyl (C=O) groups excluding carboxylic acids is 1. The van der Waals surface area contributed by atoms with Gasteiger partial charge in [-0.15, -0.1) is 0 Å². The topological polar surface area (TPSA) is 88.5 Å². The van der Waals surface area contributed by atoms with Crippen molar-refractivity contribution >= 4 is 17.2 Å². The van der Waals surface area contributed by atoms with E-state index in [-0.39, 0.29) is 17.9 Å². The summed E-state index contributed by atoms with van der Waals surface area (Å²) in [6.45, 7) is 3.34. The van der Waals surface area contributed by atoms with Crippen LogP contribution in [0.3, 0.4) is 0 Å². The van der Waals surface area contributed by atoms with Gasteiger partial charge in [0.2, 0.25) is 17.2 Å². The molecule has 0 aromatic heterocycles. The molecule has 0 radical (unpaired) electrons. The average molecular weight is 413 g/mol. The minimum atomic E-state index is -2.14. The third kappa shape index (κ3) is 4.26. The SMILES string of the molecule is COc1ccc(OCCN2CC(C)C3CCCC(C2=O)N3S(=O)O)cc1OC. The van der Waals surface area contributed by atoms with E-state index >= 15 is 0 Å².